The van der Waals surface area contributed by atoms with E-state index in [2.05, 4.69) is 15.3 Å². The largest absolute Gasteiger partial charge is 0.497 e. The Balaban J connectivity index is 1.87. The minimum Gasteiger partial charge on any atom is -0.497 e. The molecule has 4 aromatic rings. The number of methoxy groups -OCH3 is 3. The molecule has 3 N–H and O–H groups in total. The maximum atomic E-state index is 13.4. The molecule has 4 rings (SSSR count). The molecule has 0 bridgehead atoms. The minimum atomic E-state index is -0.501. The number of rotatable bonds is 7. The first-order valence-electron chi connectivity index (χ1n) is 11.2. The third-order valence-electron chi connectivity index (χ3n) is 5.66. The van der Waals surface area contributed by atoms with E-state index in [9.17, 15) is 14.7 Å². The van der Waals surface area contributed by atoms with E-state index in [4.69, 9.17) is 18.6 Å². The summed E-state index contributed by atoms with van der Waals surface area (Å²) in [6, 6.07) is 13.0. The Bertz CT molecular complexity index is 1520. The van der Waals surface area contributed by atoms with Crippen molar-refractivity contribution in [2.75, 3.05) is 26.6 Å². The van der Waals surface area contributed by atoms with Crippen molar-refractivity contribution in [1.82, 2.24) is 0 Å². The van der Waals surface area contributed by atoms with Crippen LogP contribution in [0.5, 0.6) is 11.5 Å². The molecule has 0 aliphatic carbocycles. The Hall–Kier alpha value is -4.70. The highest BCUT2D eigenvalue weighted by molar-refractivity contribution is 6.05. The van der Waals surface area contributed by atoms with Crippen LogP contribution in [0.2, 0.25) is 0 Å². The zero-order chi connectivity index (χ0) is 26.5. The highest BCUT2D eigenvalue weighted by Crippen LogP contribution is 2.28. The number of hydrogen-bond acceptors (Lipinski definition) is 8. The molecular weight excluding hydrogens is 478 g/mol. The molecule has 0 aliphatic heterocycles. The second kappa shape index (κ2) is 10.9. The number of benzene rings is 2. The summed E-state index contributed by atoms with van der Waals surface area (Å²) in [5, 5.41) is 13.2. The molecule has 0 saturated heterocycles. The van der Waals surface area contributed by atoms with E-state index in [0.29, 0.717) is 50.7 Å². The molecule has 190 valence electrons. The summed E-state index contributed by atoms with van der Waals surface area (Å²) in [7, 11) is 4.35. The van der Waals surface area contributed by atoms with Crippen molar-refractivity contribution in [3.63, 3.8) is 0 Å². The SMILES string of the molecule is COC(=O)c1ccc(NC(=O)c2cc3c(CO)c[nH+]c(C)c3oc2=Nc2cc(OC)cc(OC)c2)cc1. The van der Waals surface area contributed by atoms with Gasteiger partial charge < -0.3 is 29.1 Å². The zero-order valence-electron chi connectivity index (χ0n) is 20.7. The van der Waals surface area contributed by atoms with Crippen LogP contribution in [0.15, 0.2) is 64.1 Å². The number of carbonyl (C=O) groups is 2. The van der Waals surface area contributed by atoms with Crippen LogP contribution in [-0.4, -0.2) is 38.3 Å². The average molecular weight is 505 g/mol. The van der Waals surface area contributed by atoms with Gasteiger partial charge in [-0.25, -0.2) is 14.8 Å². The third-order valence-corrected chi connectivity index (χ3v) is 5.66. The lowest BCUT2D eigenvalue weighted by Crippen LogP contribution is -2.23. The summed E-state index contributed by atoms with van der Waals surface area (Å²) >= 11 is 0. The van der Waals surface area contributed by atoms with E-state index in [1.54, 1.807) is 54.7 Å². The van der Waals surface area contributed by atoms with Gasteiger partial charge in [0.05, 0.1) is 44.8 Å². The van der Waals surface area contributed by atoms with Gasteiger partial charge in [-0.15, -0.1) is 0 Å². The van der Waals surface area contributed by atoms with E-state index < -0.39 is 11.9 Å². The van der Waals surface area contributed by atoms with E-state index in [-0.39, 0.29) is 17.7 Å². The van der Waals surface area contributed by atoms with E-state index >= 15 is 0 Å². The number of aliphatic hydroxyl groups is 1. The van der Waals surface area contributed by atoms with Crippen LogP contribution >= 0.6 is 0 Å². The molecule has 2 aromatic carbocycles. The molecule has 0 atom stereocenters. The minimum absolute atomic E-state index is 0.0399. The monoisotopic (exact) mass is 504 g/mol. The number of amides is 1. The van der Waals surface area contributed by atoms with Crippen LogP contribution < -0.4 is 25.3 Å². The molecule has 1 amide bonds. The Kier molecular flexibility index (Phi) is 7.49. The molecule has 0 spiro atoms. The molecule has 37 heavy (non-hydrogen) atoms. The van der Waals surface area contributed by atoms with Crippen LogP contribution in [0.3, 0.4) is 0 Å². The molecule has 10 heteroatoms. The molecule has 0 aliphatic rings. The Morgan fingerprint density at radius 2 is 1.70 bits per heavy atom. The number of aliphatic hydroxyl groups excluding tert-OH is 1. The fraction of sp³-hybridized carbons (Fsp3) is 0.185. The fourth-order valence-electron chi connectivity index (χ4n) is 3.69. The highest BCUT2D eigenvalue weighted by Gasteiger charge is 2.19. The van der Waals surface area contributed by atoms with Gasteiger partial charge in [0, 0.05) is 36.2 Å². The quantitative estimate of drug-likeness (QED) is 0.369. The number of aryl methyl sites for hydroxylation is 1. The highest BCUT2D eigenvalue weighted by atomic mass is 16.5. The molecule has 0 unspecified atom stereocenters. The van der Waals surface area contributed by atoms with E-state index in [1.807, 2.05) is 6.92 Å². The second-order valence-corrected chi connectivity index (χ2v) is 8.01. The first-order chi connectivity index (χ1) is 17.9. The van der Waals surface area contributed by atoms with Gasteiger partial charge in [-0.2, -0.15) is 0 Å². The Labute approximate surface area is 212 Å². The fourth-order valence-corrected chi connectivity index (χ4v) is 3.69. The number of nitrogens with one attached hydrogen (secondary N) is 2. The Morgan fingerprint density at radius 3 is 2.30 bits per heavy atom. The van der Waals surface area contributed by atoms with Crippen molar-refractivity contribution in [1.29, 1.82) is 0 Å². The maximum absolute atomic E-state index is 13.4. The number of aromatic nitrogens is 1. The summed E-state index contributed by atoms with van der Waals surface area (Å²) in [4.78, 5) is 32.8. The van der Waals surface area contributed by atoms with Crippen LogP contribution in [0.4, 0.5) is 11.4 Å². The standard InChI is InChI=1S/C27H25N3O7/c1-15-24-22(17(14-31)13-28-15)12-23(25(32)29-18-7-5-16(6-8-18)27(33)36-4)26(37-24)30-19-9-20(34-2)11-21(10-19)35-3/h5-13,31H,14H2,1-4H3,(H,29,32)/p+1. The van der Waals surface area contributed by atoms with Crippen LogP contribution in [0.25, 0.3) is 11.0 Å². The number of hydrogen-bond donors (Lipinski definition) is 2. The number of esters is 1. The summed E-state index contributed by atoms with van der Waals surface area (Å²) in [6.45, 7) is 1.55. The first-order valence-corrected chi connectivity index (χ1v) is 11.2. The van der Waals surface area contributed by atoms with Gasteiger partial charge in [-0.3, -0.25) is 4.79 Å². The number of aromatic amines is 1. The molecule has 10 nitrogen and oxygen atoms in total. The topological polar surface area (TPSA) is 134 Å². The van der Waals surface area contributed by atoms with Crippen molar-refractivity contribution in [3.05, 3.63) is 82.7 Å². The molecule has 2 aromatic heterocycles. The smallest absolute Gasteiger partial charge is 0.337 e. The molecule has 2 heterocycles. The molecule has 0 radical (unpaired) electrons. The van der Waals surface area contributed by atoms with Crippen LogP contribution in [0.1, 0.15) is 32.0 Å². The van der Waals surface area contributed by atoms with Crippen molar-refractivity contribution >= 4 is 34.2 Å². The molecular formula is C27H26N3O7+. The third kappa shape index (κ3) is 5.44. The molecule has 0 saturated carbocycles. The van der Waals surface area contributed by atoms with Crippen molar-refractivity contribution in [2.24, 2.45) is 4.99 Å². The van der Waals surface area contributed by atoms with Gasteiger partial charge in [0.1, 0.15) is 17.1 Å². The number of fused-ring (bicyclic) bond motifs is 1. The van der Waals surface area contributed by atoms with Gasteiger partial charge in [-0.05, 0) is 30.3 Å². The summed E-state index contributed by atoms with van der Waals surface area (Å²) in [5.41, 5.74) is 3.10. The number of carbonyl (C=O) groups excluding carboxylic acids is 2. The van der Waals surface area contributed by atoms with Gasteiger partial charge in [-0.1, -0.05) is 0 Å². The van der Waals surface area contributed by atoms with Gasteiger partial charge in [0.2, 0.25) is 16.8 Å². The number of anilines is 1. The lowest BCUT2D eigenvalue weighted by molar-refractivity contribution is -0.386. The first kappa shape index (κ1) is 25.4. The number of ether oxygens (including phenoxy) is 3. The van der Waals surface area contributed by atoms with Crippen molar-refractivity contribution in [3.8, 4) is 11.5 Å². The van der Waals surface area contributed by atoms with Gasteiger partial charge >= 0.3 is 5.97 Å². The predicted octanol–water partition coefficient (Wildman–Crippen LogP) is 3.34. The van der Waals surface area contributed by atoms with Crippen LogP contribution in [-0.2, 0) is 11.3 Å². The maximum Gasteiger partial charge on any atom is 0.337 e. The number of H-pyrrole nitrogens is 1. The second-order valence-electron chi connectivity index (χ2n) is 8.01. The van der Waals surface area contributed by atoms with Crippen LogP contribution in [0, 0.1) is 6.92 Å². The number of pyridine rings is 1. The zero-order valence-corrected chi connectivity index (χ0v) is 20.7. The summed E-state index contributed by atoms with van der Waals surface area (Å²) in [5.74, 6) is 0.0505. The van der Waals surface area contributed by atoms with Crippen molar-refractivity contribution < 1.29 is 38.3 Å². The van der Waals surface area contributed by atoms with Gasteiger partial charge in [0.15, 0.2) is 6.20 Å². The van der Waals surface area contributed by atoms with Gasteiger partial charge in [0.25, 0.3) is 5.91 Å². The molecule has 0 fully saturated rings. The summed E-state index contributed by atoms with van der Waals surface area (Å²) < 4.78 is 21.5. The van der Waals surface area contributed by atoms with E-state index in [0.717, 1.165) is 0 Å². The number of nitrogens with zero attached hydrogens (tertiary/aromatic N) is 1. The lowest BCUT2D eigenvalue weighted by atomic mass is 10.1. The van der Waals surface area contributed by atoms with E-state index in [1.165, 1.54) is 21.3 Å². The summed E-state index contributed by atoms with van der Waals surface area (Å²) in [6.07, 6.45) is 1.66. The van der Waals surface area contributed by atoms with Crippen molar-refractivity contribution in [2.45, 2.75) is 13.5 Å². The Morgan fingerprint density at radius 1 is 1.03 bits per heavy atom. The lowest BCUT2D eigenvalue weighted by Gasteiger charge is -2.09. The average Bonchev–Trinajstić information content (AvgIpc) is 2.92. The predicted molar refractivity (Wildman–Crippen MR) is 134 cm³/mol. The normalized spacial score (nSPS) is 11.3.